The molecule has 0 aromatic carbocycles. The van der Waals surface area contributed by atoms with Gasteiger partial charge in [0.15, 0.2) is 0 Å². The first-order valence-electron chi connectivity index (χ1n) is 9.67. The zero-order chi connectivity index (χ0) is 17.8. The van der Waals surface area contributed by atoms with E-state index in [0.29, 0.717) is 24.4 Å². The maximum atomic E-state index is 12.4. The molecule has 1 aliphatic carbocycles. The van der Waals surface area contributed by atoms with E-state index in [9.17, 15) is 4.79 Å². The number of amides is 1. The quantitative estimate of drug-likeness (QED) is 0.882. The summed E-state index contributed by atoms with van der Waals surface area (Å²) in [5.41, 5.74) is 0.990. The van der Waals surface area contributed by atoms with Crippen molar-refractivity contribution in [3.8, 4) is 0 Å². The number of piperazine rings is 1. The molecular weight excluding hydrogens is 316 g/mol. The van der Waals surface area contributed by atoms with E-state index in [-0.39, 0.29) is 5.91 Å². The fraction of sp³-hybridized carbons (Fsp3) is 0.789. The Morgan fingerprint density at radius 2 is 1.96 bits per heavy atom. The topological polar surface area (TPSA) is 61.6 Å². The molecule has 2 heterocycles. The molecule has 6 nitrogen and oxygen atoms in total. The summed E-state index contributed by atoms with van der Waals surface area (Å²) < 4.78 is 5.13. The summed E-state index contributed by atoms with van der Waals surface area (Å²) in [4.78, 5) is 17.1. The maximum Gasteiger partial charge on any atom is 0.234 e. The van der Waals surface area contributed by atoms with E-state index in [0.717, 1.165) is 50.6 Å². The Hall–Kier alpha value is -1.40. The predicted molar refractivity (Wildman–Crippen MR) is 97.1 cm³/mol. The average Bonchev–Trinajstić information content (AvgIpc) is 2.99. The van der Waals surface area contributed by atoms with Gasteiger partial charge in [-0.3, -0.25) is 14.6 Å². The number of carbonyl (C=O) groups excluding carboxylic acids is 1. The summed E-state index contributed by atoms with van der Waals surface area (Å²) in [6.07, 6.45) is 3.65. The summed E-state index contributed by atoms with van der Waals surface area (Å²) in [5.74, 6) is 2.34. The van der Waals surface area contributed by atoms with E-state index in [1.165, 1.54) is 12.8 Å². The van der Waals surface area contributed by atoms with Crippen LogP contribution in [0.15, 0.2) is 10.6 Å². The lowest BCUT2D eigenvalue weighted by atomic mass is 9.78. The highest BCUT2D eigenvalue weighted by Gasteiger charge is 2.28. The smallest absolute Gasteiger partial charge is 0.234 e. The number of aromatic nitrogens is 1. The Bertz CT molecular complexity index is 566. The van der Waals surface area contributed by atoms with Crippen molar-refractivity contribution in [2.45, 2.75) is 52.6 Å². The van der Waals surface area contributed by atoms with E-state index < -0.39 is 0 Å². The van der Waals surface area contributed by atoms with E-state index in [1.54, 1.807) is 0 Å². The molecule has 0 bridgehead atoms. The molecule has 1 saturated heterocycles. The Labute approximate surface area is 150 Å². The molecule has 140 valence electrons. The van der Waals surface area contributed by atoms with Crippen LogP contribution in [0.3, 0.4) is 0 Å². The summed E-state index contributed by atoms with van der Waals surface area (Å²) in [6, 6.07) is 2.35. The third-order valence-corrected chi connectivity index (χ3v) is 5.95. The summed E-state index contributed by atoms with van der Waals surface area (Å²) >= 11 is 0. The molecule has 2 aliphatic rings. The molecule has 0 unspecified atom stereocenters. The fourth-order valence-electron chi connectivity index (χ4n) is 4.07. The monoisotopic (exact) mass is 348 g/mol. The van der Waals surface area contributed by atoms with Crippen molar-refractivity contribution in [2.75, 3.05) is 32.7 Å². The fourth-order valence-corrected chi connectivity index (χ4v) is 4.07. The van der Waals surface area contributed by atoms with Gasteiger partial charge in [0.05, 0.1) is 12.2 Å². The lowest BCUT2D eigenvalue weighted by Gasteiger charge is -2.36. The van der Waals surface area contributed by atoms with Gasteiger partial charge in [0.2, 0.25) is 5.91 Å². The van der Waals surface area contributed by atoms with Crippen LogP contribution in [0.4, 0.5) is 0 Å². The molecule has 0 spiro atoms. The van der Waals surface area contributed by atoms with E-state index in [2.05, 4.69) is 34.1 Å². The van der Waals surface area contributed by atoms with Crippen molar-refractivity contribution >= 4 is 5.91 Å². The number of aryl methyl sites for hydroxylation is 1. The highest BCUT2D eigenvalue weighted by atomic mass is 16.5. The zero-order valence-corrected chi connectivity index (χ0v) is 15.8. The van der Waals surface area contributed by atoms with Gasteiger partial charge in [-0.25, -0.2) is 0 Å². The first-order chi connectivity index (χ1) is 12.0. The van der Waals surface area contributed by atoms with Crippen LogP contribution in [0.5, 0.6) is 0 Å². The van der Waals surface area contributed by atoms with Gasteiger partial charge in [0, 0.05) is 44.8 Å². The summed E-state index contributed by atoms with van der Waals surface area (Å²) in [5, 5.41) is 7.34. The maximum absolute atomic E-state index is 12.4. The van der Waals surface area contributed by atoms with Crippen LogP contribution < -0.4 is 5.32 Å². The average molecular weight is 348 g/mol. The first-order valence-corrected chi connectivity index (χ1v) is 9.67. The van der Waals surface area contributed by atoms with Gasteiger partial charge in [0.1, 0.15) is 5.76 Å². The number of nitrogens with zero attached hydrogens (tertiary/aromatic N) is 3. The first kappa shape index (κ1) is 18.4. The number of hydrogen-bond donors (Lipinski definition) is 1. The molecule has 3 rings (SSSR count). The lowest BCUT2D eigenvalue weighted by Crippen LogP contribution is -2.51. The van der Waals surface area contributed by atoms with Gasteiger partial charge in [-0.2, -0.15) is 0 Å². The molecule has 6 heteroatoms. The minimum Gasteiger partial charge on any atom is -0.361 e. The molecule has 1 N–H and O–H groups in total. The second kappa shape index (κ2) is 8.32. The third kappa shape index (κ3) is 5.05. The molecule has 25 heavy (non-hydrogen) atoms. The largest absolute Gasteiger partial charge is 0.361 e. The normalized spacial score (nSPS) is 28.8. The van der Waals surface area contributed by atoms with Gasteiger partial charge in [-0.1, -0.05) is 31.8 Å². The zero-order valence-electron chi connectivity index (χ0n) is 15.8. The van der Waals surface area contributed by atoms with Crippen molar-refractivity contribution < 1.29 is 9.32 Å². The molecule has 1 saturated carbocycles. The number of nitrogens with one attached hydrogen (secondary N) is 1. The summed E-state index contributed by atoms with van der Waals surface area (Å²) in [6.45, 7) is 11.6. The molecule has 1 aromatic heterocycles. The lowest BCUT2D eigenvalue weighted by molar-refractivity contribution is -0.124. The molecule has 1 amide bonds. The molecule has 0 radical (unpaired) electrons. The highest BCUT2D eigenvalue weighted by molar-refractivity contribution is 5.78. The number of rotatable bonds is 5. The molecule has 3 atom stereocenters. The van der Waals surface area contributed by atoms with E-state index in [1.807, 2.05) is 13.0 Å². The van der Waals surface area contributed by atoms with Crippen molar-refractivity contribution in [1.29, 1.82) is 0 Å². The van der Waals surface area contributed by atoms with Crippen LogP contribution in [0.1, 0.15) is 44.6 Å². The van der Waals surface area contributed by atoms with Gasteiger partial charge in [-0.15, -0.1) is 0 Å². The number of hydrogen-bond acceptors (Lipinski definition) is 5. The van der Waals surface area contributed by atoms with E-state index in [4.69, 9.17) is 4.52 Å². The van der Waals surface area contributed by atoms with Crippen LogP contribution in [-0.2, 0) is 11.3 Å². The summed E-state index contributed by atoms with van der Waals surface area (Å²) in [7, 11) is 0. The molecule has 2 fully saturated rings. The second-order valence-electron chi connectivity index (χ2n) is 7.92. The Morgan fingerprint density at radius 3 is 2.64 bits per heavy atom. The van der Waals surface area contributed by atoms with Crippen LogP contribution >= 0.6 is 0 Å². The van der Waals surface area contributed by atoms with Gasteiger partial charge >= 0.3 is 0 Å². The minimum atomic E-state index is 0.187. The Kier molecular flexibility index (Phi) is 6.12. The van der Waals surface area contributed by atoms with Crippen molar-refractivity contribution in [1.82, 2.24) is 20.3 Å². The van der Waals surface area contributed by atoms with Crippen LogP contribution in [0.25, 0.3) is 0 Å². The second-order valence-corrected chi connectivity index (χ2v) is 7.92. The van der Waals surface area contributed by atoms with Crippen LogP contribution in [-0.4, -0.2) is 59.6 Å². The SMILES string of the molecule is Cc1cc(CN2CCN(CC(=O)N[C@@H]3CCC[C@@H](C)[C@H]3C)CC2)no1. The minimum absolute atomic E-state index is 0.187. The number of carbonyl (C=O) groups is 1. The van der Waals surface area contributed by atoms with Crippen molar-refractivity contribution in [3.63, 3.8) is 0 Å². The predicted octanol–water partition coefficient (Wildman–Crippen LogP) is 2.04. The molecular formula is C19H32N4O2. The van der Waals surface area contributed by atoms with Crippen LogP contribution in [0, 0.1) is 18.8 Å². The van der Waals surface area contributed by atoms with Gasteiger partial charge < -0.3 is 9.84 Å². The van der Waals surface area contributed by atoms with Crippen molar-refractivity contribution in [2.24, 2.45) is 11.8 Å². The van der Waals surface area contributed by atoms with Gasteiger partial charge in [-0.05, 0) is 25.2 Å². The van der Waals surface area contributed by atoms with Crippen LogP contribution in [0.2, 0.25) is 0 Å². The third-order valence-electron chi connectivity index (χ3n) is 5.95. The molecule has 1 aliphatic heterocycles. The van der Waals surface area contributed by atoms with Gasteiger partial charge in [0.25, 0.3) is 0 Å². The van der Waals surface area contributed by atoms with Crippen molar-refractivity contribution in [3.05, 3.63) is 17.5 Å². The van der Waals surface area contributed by atoms with E-state index >= 15 is 0 Å². The molecule has 1 aromatic rings. The standard InChI is InChI=1S/C19H32N4O2/c1-14-5-4-6-18(16(14)3)20-19(24)13-23-9-7-22(8-10-23)12-17-11-15(2)25-21-17/h11,14,16,18H,4-10,12-13H2,1-3H3,(H,20,24)/t14-,16-,18-/m1/s1. The highest BCUT2D eigenvalue weighted by Crippen LogP contribution is 2.29. The Balaban J connectivity index is 1.39. The Morgan fingerprint density at radius 1 is 1.24 bits per heavy atom.